The lowest BCUT2D eigenvalue weighted by Gasteiger charge is -2.27. The molecule has 0 aliphatic rings. The molecular formula is C14H24N2O2. The molecule has 0 aliphatic heterocycles. The summed E-state index contributed by atoms with van der Waals surface area (Å²) >= 11 is 0. The van der Waals surface area contributed by atoms with Gasteiger partial charge in [-0.2, -0.15) is 0 Å². The van der Waals surface area contributed by atoms with Crippen LogP contribution in [0.3, 0.4) is 0 Å². The van der Waals surface area contributed by atoms with Gasteiger partial charge in [-0.15, -0.1) is 0 Å². The van der Waals surface area contributed by atoms with E-state index in [0.29, 0.717) is 26.0 Å². The molecule has 0 bridgehead atoms. The molecule has 0 aliphatic carbocycles. The Hall–Kier alpha value is -0.970. The largest absolute Gasteiger partial charge is 0.387 e. The molecule has 1 aromatic heterocycles. The number of rotatable bonds is 8. The zero-order chi connectivity index (χ0) is 13.4. The topological polar surface area (TPSA) is 68.4 Å². The van der Waals surface area contributed by atoms with E-state index in [1.54, 1.807) is 7.11 Å². The van der Waals surface area contributed by atoms with E-state index in [0.717, 1.165) is 18.5 Å². The normalized spacial score (nSPS) is 14.4. The summed E-state index contributed by atoms with van der Waals surface area (Å²) in [5.41, 5.74) is 6.73. The van der Waals surface area contributed by atoms with Crippen molar-refractivity contribution in [1.29, 1.82) is 0 Å². The van der Waals surface area contributed by atoms with Crippen LogP contribution in [0.4, 0.5) is 0 Å². The number of nitrogens with two attached hydrogens (primary N) is 1. The Morgan fingerprint density at radius 3 is 2.72 bits per heavy atom. The van der Waals surface area contributed by atoms with Crippen LogP contribution in [-0.2, 0) is 17.6 Å². The Morgan fingerprint density at radius 1 is 1.44 bits per heavy atom. The first-order valence-corrected chi connectivity index (χ1v) is 6.48. The maximum Gasteiger partial charge on any atom is 0.0935 e. The van der Waals surface area contributed by atoms with Gasteiger partial charge in [-0.3, -0.25) is 4.98 Å². The number of pyridine rings is 1. The highest BCUT2D eigenvalue weighted by molar-refractivity contribution is 5.15. The van der Waals surface area contributed by atoms with Gasteiger partial charge in [-0.05, 0) is 37.4 Å². The predicted molar refractivity (Wildman–Crippen MR) is 72.4 cm³/mol. The smallest absolute Gasteiger partial charge is 0.0935 e. The lowest BCUT2D eigenvalue weighted by atomic mass is 9.92. The minimum Gasteiger partial charge on any atom is -0.387 e. The molecular weight excluding hydrogens is 228 g/mol. The minimum absolute atomic E-state index is 0.310. The number of aromatic nitrogens is 1. The third-order valence-electron chi connectivity index (χ3n) is 3.06. The van der Waals surface area contributed by atoms with Crippen LogP contribution in [0.5, 0.6) is 0 Å². The highest BCUT2D eigenvalue weighted by Gasteiger charge is 2.27. The van der Waals surface area contributed by atoms with E-state index in [-0.39, 0.29) is 0 Å². The average molecular weight is 252 g/mol. The molecule has 1 rings (SSSR count). The van der Waals surface area contributed by atoms with Crippen molar-refractivity contribution in [2.24, 2.45) is 5.73 Å². The van der Waals surface area contributed by atoms with Gasteiger partial charge in [-0.25, -0.2) is 0 Å². The predicted octanol–water partition coefficient (Wildman–Crippen LogP) is 1.30. The second-order valence-electron chi connectivity index (χ2n) is 4.74. The van der Waals surface area contributed by atoms with Gasteiger partial charge in [0.1, 0.15) is 0 Å². The van der Waals surface area contributed by atoms with E-state index in [1.165, 1.54) is 5.56 Å². The van der Waals surface area contributed by atoms with Crippen molar-refractivity contribution >= 4 is 0 Å². The van der Waals surface area contributed by atoms with Gasteiger partial charge < -0.3 is 15.6 Å². The molecule has 0 fully saturated rings. The summed E-state index contributed by atoms with van der Waals surface area (Å²) in [4.78, 5) is 4.38. The van der Waals surface area contributed by atoms with E-state index < -0.39 is 5.60 Å². The van der Waals surface area contributed by atoms with Crippen molar-refractivity contribution in [2.45, 2.75) is 38.2 Å². The van der Waals surface area contributed by atoms with Crippen molar-refractivity contribution in [2.75, 3.05) is 20.3 Å². The van der Waals surface area contributed by atoms with Crippen LogP contribution in [0.2, 0.25) is 0 Å². The van der Waals surface area contributed by atoms with Crippen molar-refractivity contribution in [3.8, 4) is 0 Å². The molecule has 102 valence electrons. The van der Waals surface area contributed by atoms with Gasteiger partial charge in [-0.1, -0.05) is 13.0 Å². The average Bonchev–Trinajstić information content (AvgIpc) is 2.38. The number of methoxy groups -OCH3 is 1. The van der Waals surface area contributed by atoms with Gasteiger partial charge in [0.25, 0.3) is 0 Å². The highest BCUT2D eigenvalue weighted by atomic mass is 16.5. The maximum atomic E-state index is 10.5. The number of hydrogen-bond acceptors (Lipinski definition) is 4. The third-order valence-corrected chi connectivity index (χ3v) is 3.06. The Bertz CT molecular complexity index is 340. The minimum atomic E-state index is -0.866. The second-order valence-corrected chi connectivity index (χ2v) is 4.74. The van der Waals surface area contributed by atoms with Crippen LogP contribution in [-0.4, -0.2) is 36.0 Å². The Kier molecular flexibility index (Phi) is 6.25. The monoisotopic (exact) mass is 252 g/mol. The number of aliphatic hydroxyl groups is 1. The van der Waals surface area contributed by atoms with E-state index in [2.05, 4.69) is 18.0 Å². The van der Waals surface area contributed by atoms with Crippen molar-refractivity contribution in [3.05, 3.63) is 29.6 Å². The zero-order valence-corrected chi connectivity index (χ0v) is 11.4. The van der Waals surface area contributed by atoms with Crippen molar-refractivity contribution in [1.82, 2.24) is 4.98 Å². The van der Waals surface area contributed by atoms with E-state index in [1.807, 2.05) is 12.3 Å². The van der Waals surface area contributed by atoms with Crippen LogP contribution >= 0.6 is 0 Å². The fourth-order valence-corrected chi connectivity index (χ4v) is 2.02. The van der Waals surface area contributed by atoms with E-state index in [9.17, 15) is 5.11 Å². The fourth-order valence-electron chi connectivity index (χ4n) is 2.02. The summed E-state index contributed by atoms with van der Waals surface area (Å²) in [6.45, 7) is 2.98. The molecule has 3 N–H and O–H groups in total. The molecule has 1 heterocycles. The number of hydrogen-bond donors (Lipinski definition) is 2. The molecule has 0 saturated heterocycles. The lowest BCUT2D eigenvalue weighted by Crippen LogP contribution is -2.37. The van der Waals surface area contributed by atoms with Crippen molar-refractivity contribution < 1.29 is 9.84 Å². The standard InChI is InChI=1S/C14H24N2O2/c1-3-12-5-6-13(16-10-12)9-14(17,11-18-2)7-4-8-15/h5-6,10,17H,3-4,7-9,11,15H2,1-2H3. The molecule has 1 unspecified atom stereocenters. The van der Waals surface area contributed by atoms with Gasteiger partial charge in [0.15, 0.2) is 0 Å². The summed E-state index contributed by atoms with van der Waals surface area (Å²) in [5.74, 6) is 0. The molecule has 0 radical (unpaired) electrons. The Balaban J connectivity index is 2.68. The van der Waals surface area contributed by atoms with Gasteiger partial charge >= 0.3 is 0 Å². The maximum absolute atomic E-state index is 10.5. The van der Waals surface area contributed by atoms with Gasteiger partial charge in [0.2, 0.25) is 0 Å². The fraction of sp³-hybridized carbons (Fsp3) is 0.643. The van der Waals surface area contributed by atoms with Crippen LogP contribution in [0.25, 0.3) is 0 Å². The second kappa shape index (κ2) is 7.46. The number of nitrogens with zero attached hydrogens (tertiary/aromatic N) is 1. The molecule has 0 amide bonds. The molecule has 0 saturated carbocycles. The third kappa shape index (κ3) is 4.72. The first-order valence-electron chi connectivity index (χ1n) is 6.48. The van der Waals surface area contributed by atoms with Crippen LogP contribution in [0.15, 0.2) is 18.3 Å². The SMILES string of the molecule is CCc1ccc(CC(O)(CCCN)COC)nc1. The summed E-state index contributed by atoms with van der Waals surface area (Å²) in [7, 11) is 1.60. The molecule has 0 aromatic carbocycles. The first-order chi connectivity index (χ1) is 8.63. The summed E-state index contributed by atoms with van der Waals surface area (Å²) < 4.78 is 5.10. The molecule has 4 heteroatoms. The molecule has 1 aromatic rings. The summed E-state index contributed by atoms with van der Waals surface area (Å²) in [5, 5.41) is 10.5. The van der Waals surface area contributed by atoms with Crippen LogP contribution in [0, 0.1) is 0 Å². The first kappa shape index (κ1) is 15.1. The quantitative estimate of drug-likeness (QED) is 0.732. The molecule has 4 nitrogen and oxygen atoms in total. The van der Waals surface area contributed by atoms with Gasteiger partial charge in [0, 0.05) is 25.4 Å². The Morgan fingerprint density at radius 2 is 2.22 bits per heavy atom. The van der Waals surface area contributed by atoms with E-state index >= 15 is 0 Å². The molecule has 0 spiro atoms. The molecule has 1 atom stereocenters. The van der Waals surface area contributed by atoms with Gasteiger partial charge in [0.05, 0.1) is 12.2 Å². The highest BCUT2D eigenvalue weighted by Crippen LogP contribution is 2.19. The van der Waals surface area contributed by atoms with E-state index in [4.69, 9.17) is 10.5 Å². The zero-order valence-electron chi connectivity index (χ0n) is 11.4. The van der Waals surface area contributed by atoms with Crippen LogP contribution < -0.4 is 5.73 Å². The lowest BCUT2D eigenvalue weighted by molar-refractivity contribution is -0.0381. The number of aryl methyl sites for hydroxylation is 1. The summed E-state index contributed by atoms with van der Waals surface area (Å²) in [6, 6.07) is 4.03. The Labute approximate surface area is 109 Å². The molecule has 18 heavy (non-hydrogen) atoms. The van der Waals surface area contributed by atoms with Crippen molar-refractivity contribution in [3.63, 3.8) is 0 Å². The van der Waals surface area contributed by atoms with Crippen LogP contribution in [0.1, 0.15) is 31.0 Å². The summed E-state index contributed by atoms with van der Waals surface area (Å²) in [6.07, 6.45) is 4.76. The number of ether oxygens (including phenoxy) is 1.